The lowest BCUT2D eigenvalue weighted by molar-refractivity contribution is -0.127. The number of amides is 1. The Morgan fingerprint density at radius 2 is 2.04 bits per heavy atom. The SMILES string of the molecule is COc1cc(CNC(=O)C2C3CCC(C3)C2N)ccc1OCCC(C)C. The lowest BCUT2D eigenvalue weighted by Gasteiger charge is -2.27. The second-order valence-corrected chi connectivity index (χ2v) is 8.17. The molecule has 3 N–H and O–H groups in total. The van der Waals surface area contributed by atoms with Crippen LogP contribution in [0.5, 0.6) is 11.5 Å². The number of hydrogen-bond donors (Lipinski definition) is 2. The fourth-order valence-electron chi connectivity index (χ4n) is 4.38. The molecule has 3 rings (SSSR count). The van der Waals surface area contributed by atoms with E-state index in [0.717, 1.165) is 30.6 Å². The maximum Gasteiger partial charge on any atom is 0.225 e. The second-order valence-electron chi connectivity index (χ2n) is 8.17. The molecular formula is C21H32N2O3. The van der Waals surface area contributed by atoms with E-state index in [1.807, 2.05) is 18.2 Å². The molecule has 1 aromatic rings. The van der Waals surface area contributed by atoms with Crippen LogP contribution in [0.4, 0.5) is 0 Å². The number of ether oxygens (including phenoxy) is 2. The van der Waals surface area contributed by atoms with Crippen molar-refractivity contribution < 1.29 is 14.3 Å². The van der Waals surface area contributed by atoms with Gasteiger partial charge in [-0.1, -0.05) is 19.9 Å². The minimum absolute atomic E-state index is 0.0192. The first-order chi connectivity index (χ1) is 12.5. The van der Waals surface area contributed by atoms with Crippen LogP contribution in [0, 0.1) is 23.7 Å². The lowest BCUT2D eigenvalue weighted by atomic mass is 9.84. The molecule has 4 atom stereocenters. The van der Waals surface area contributed by atoms with Crippen molar-refractivity contribution in [1.82, 2.24) is 5.32 Å². The first-order valence-electron chi connectivity index (χ1n) is 9.82. The van der Waals surface area contributed by atoms with Crippen molar-refractivity contribution in [3.8, 4) is 11.5 Å². The van der Waals surface area contributed by atoms with E-state index in [2.05, 4.69) is 19.2 Å². The molecule has 2 aliphatic carbocycles. The van der Waals surface area contributed by atoms with Crippen LogP contribution < -0.4 is 20.5 Å². The molecule has 5 heteroatoms. The molecule has 0 spiro atoms. The summed E-state index contributed by atoms with van der Waals surface area (Å²) in [7, 11) is 1.64. The summed E-state index contributed by atoms with van der Waals surface area (Å²) >= 11 is 0. The van der Waals surface area contributed by atoms with Gasteiger partial charge in [-0.05, 0) is 61.1 Å². The highest BCUT2D eigenvalue weighted by atomic mass is 16.5. The Morgan fingerprint density at radius 1 is 1.27 bits per heavy atom. The summed E-state index contributed by atoms with van der Waals surface area (Å²) < 4.78 is 11.3. The molecule has 0 aromatic heterocycles. The summed E-state index contributed by atoms with van der Waals surface area (Å²) in [4.78, 5) is 12.6. The third-order valence-electron chi connectivity index (χ3n) is 5.93. The summed E-state index contributed by atoms with van der Waals surface area (Å²) in [5, 5.41) is 3.07. The van der Waals surface area contributed by atoms with Crippen molar-refractivity contribution in [2.45, 2.75) is 52.1 Å². The van der Waals surface area contributed by atoms with Crippen LogP contribution >= 0.6 is 0 Å². The molecule has 5 nitrogen and oxygen atoms in total. The van der Waals surface area contributed by atoms with E-state index >= 15 is 0 Å². The topological polar surface area (TPSA) is 73.6 Å². The Hall–Kier alpha value is -1.75. The lowest BCUT2D eigenvalue weighted by Crippen LogP contribution is -2.45. The van der Waals surface area contributed by atoms with Crippen molar-refractivity contribution in [2.24, 2.45) is 29.4 Å². The van der Waals surface area contributed by atoms with Gasteiger partial charge in [-0.15, -0.1) is 0 Å². The minimum atomic E-state index is -0.0192. The van der Waals surface area contributed by atoms with Gasteiger partial charge in [-0.3, -0.25) is 4.79 Å². The van der Waals surface area contributed by atoms with Gasteiger partial charge in [-0.2, -0.15) is 0 Å². The molecule has 0 heterocycles. The van der Waals surface area contributed by atoms with Crippen molar-refractivity contribution in [3.63, 3.8) is 0 Å². The molecule has 1 aromatic carbocycles. The van der Waals surface area contributed by atoms with Gasteiger partial charge in [0.05, 0.1) is 19.6 Å². The van der Waals surface area contributed by atoms with Crippen LogP contribution in [0.1, 0.15) is 45.1 Å². The first-order valence-corrected chi connectivity index (χ1v) is 9.82. The molecule has 0 saturated heterocycles. The second kappa shape index (κ2) is 8.30. The van der Waals surface area contributed by atoms with Crippen LogP contribution in [-0.2, 0) is 11.3 Å². The molecular weight excluding hydrogens is 328 g/mol. The zero-order valence-electron chi connectivity index (χ0n) is 16.2. The fraction of sp³-hybridized carbons (Fsp3) is 0.667. The van der Waals surface area contributed by atoms with E-state index in [-0.39, 0.29) is 17.9 Å². The van der Waals surface area contributed by atoms with Gasteiger partial charge in [0, 0.05) is 12.6 Å². The fourth-order valence-corrected chi connectivity index (χ4v) is 4.38. The number of rotatable bonds is 8. The standard InChI is InChI=1S/C21H32N2O3/c1-13(2)8-9-26-17-7-4-14(10-18(17)25-3)12-23-21(24)19-15-5-6-16(11-15)20(19)22/h4,7,10,13,15-16,19-20H,5-6,8-9,11-12,22H2,1-3H3,(H,23,24). The van der Waals surface area contributed by atoms with Crippen molar-refractivity contribution in [2.75, 3.05) is 13.7 Å². The van der Waals surface area contributed by atoms with Crippen molar-refractivity contribution >= 4 is 5.91 Å². The largest absolute Gasteiger partial charge is 0.493 e. The average molecular weight is 360 g/mol. The van der Waals surface area contributed by atoms with Crippen LogP contribution in [0.2, 0.25) is 0 Å². The van der Waals surface area contributed by atoms with E-state index in [0.29, 0.717) is 36.7 Å². The maximum atomic E-state index is 12.6. The monoisotopic (exact) mass is 360 g/mol. The molecule has 2 aliphatic rings. The van der Waals surface area contributed by atoms with Gasteiger partial charge in [-0.25, -0.2) is 0 Å². The Kier molecular flexibility index (Phi) is 6.07. The average Bonchev–Trinajstić information content (AvgIpc) is 3.21. The van der Waals surface area contributed by atoms with Gasteiger partial charge < -0.3 is 20.5 Å². The minimum Gasteiger partial charge on any atom is -0.493 e. The summed E-state index contributed by atoms with van der Waals surface area (Å²) in [5.74, 6) is 3.15. The van der Waals surface area contributed by atoms with Gasteiger partial charge in [0.25, 0.3) is 0 Å². The number of benzene rings is 1. The van der Waals surface area contributed by atoms with Gasteiger partial charge in [0.2, 0.25) is 5.91 Å². The summed E-state index contributed by atoms with van der Waals surface area (Å²) in [6, 6.07) is 5.86. The number of hydrogen-bond acceptors (Lipinski definition) is 4. The molecule has 2 fully saturated rings. The van der Waals surface area contributed by atoms with Gasteiger partial charge in [0.15, 0.2) is 11.5 Å². The Balaban J connectivity index is 1.55. The smallest absolute Gasteiger partial charge is 0.225 e. The maximum absolute atomic E-state index is 12.6. The highest BCUT2D eigenvalue weighted by molar-refractivity contribution is 5.80. The molecule has 2 saturated carbocycles. The van der Waals surface area contributed by atoms with Gasteiger partial charge in [0.1, 0.15) is 0 Å². The molecule has 144 valence electrons. The molecule has 0 radical (unpaired) electrons. The summed E-state index contributed by atoms with van der Waals surface area (Å²) in [5.41, 5.74) is 7.27. The van der Waals surface area contributed by atoms with Crippen LogP contribution in [-0.4, -0.2) is 25.7 Å². The Morgan fingerprint density at radius 3 is 2.69 bits per heavy atom. The van der Waals surface area contributed by atoms with Crippen LogP contribution in [0.3, 0.4) is 0 Å². The molecule has 2 bridgehead atoms. The predicted molar refractivity (Wildman–Crippen MR) is 102 cm³/mol. The number of methoxy groups -OCH3 is 1. The number of carbonyl (C=O) groups excluding carboxylic acids is 1. The number of carbonyl (C=O) groups is 1. The third kappa shape index (κ3) is 4.14. The summed E-state index contributed by atoms with van der Waals surface area (Å²) in [6.45, 7) is 5.51. The molecule has 1 amide bonds. The molecule has 0 aliphatic heterocycles. The Bertz CT molecular complexity index is 630. The third-order valence-corrected chi connectivity index (χ3v) is 5.93. The molecule has 4 unspecified atom stereocenters. The predicted octanol–water partition coefficient (Wildman–Crippen LogP) is 3.11. The van der Waals surface area contributed by atoms with E-state index < -0.39 is 0 Å². The number of nitrogens with two attached hydrogens (primary N) is 1. The zero-order chi connectivity index (χ0) is 18.7. The Labute approximate surface area is 156 Å². The van der Waals surface area contributed by atoms with Crippen molar-refractivity contribution in [3.05, 3.63) is 23.8 Å². The number of fused-ring (bicyclic) bond motifs is 2. The van der Waals surface area contributed by atoms with Crippen LogP contribution in [0.25, 0.3) is 0 Å². The van der Waals surface area contributed by atoms with Crippen LogP contribution in [0.15, 0.2) is 18.2 Å². The highest BCUT2D eigenvalue weighted by Crippen LogP contribution is 2.47. The normalized spacial score (nSPS) is 27.0. The van der Waals surface area contributed by atoms with E-state index in [9.17, 15) is 4.79 Å². The van der Waals surface area contributed by atoms with E-state index in [1.165, 1.54) is 6.42 Å². The highest BCUT2D eigenvalue weighted by Gasteiger charge is 2.48. The first kappa shape index (κ1) is 19.0. The van der Waals surface area contributed by atoms with E-state index in [4.69, 9.17) is 15.2 Å². The van der Waals surface area contributed by atoms with Gasteiger partial charge >= 0.3 is 0 Å². The number of nitrogens with one attached hydrogen (secondary N) is 1. The van der Waals surface area contributed by atoms with E-state index in [1.54, 1.807) is 7.11 Å². The van der Waals surface area contributed by atoms with Crippen molar-refractivity contribution in [1.29, 1.82) is 0 Å². The summed E-state index contributed by atoms with van der Waals surface area (Å²) in [6.07, 6.45) is 4.46. The zero-order valence-corrected chi connectivity index (χ0v) is 16.2. The quantitative estimate of drug-likeness (QED) is 0.747. The molecule has 26 heavy (non-hydrogen) atoms.